The lowest BCUT2D eigenvalue weighted by Crippen LogP contribution is -2.16. The molecule has 2 nitrogen and oxygen atoms in total. The van der Waals surface area contributed by atoms with Crippen LogP contribution in [0.3, 0.4) is 0 Å². The summed E-state index contributed by atoms with van der Waals surface area (Å²) in [7, 11) is 0. The van der Waals surface area contributed by atoms with Gasteiger partial charge < -0.3 is 4.74 Å². The minimum Gasteiger partial charge on any atom is -0.361 e. The van der Waals surface area contributed by atoms with Crippen molar-refractivity contribution in [1.82, 2.24) is 0 Å². The molecule has 0 aliphatic carbocycles. The van der Waals surface area contributed by atoms with Crippen molar-refractivity contribution in [3.63, 3.8) is 0 Å². The average Bonchev–Trinajstić information content (AvgIpc) is 2.78. The maximum atomic E-state index is 11.4. The van der Waals surface area contributed by atoms with Crippen LogP contribution >= 0.6 is 0 Å². The zero-order chi connectivity index (χ0) is 9.14. The summed E-state index contributed by atoms with van der Waals surface area (Å²) < 4.78 is 5.29. The summed E-state index contributed by atoms with van der Waals surface area (Å²) in [5, 5.41) is 0. The van der Waals surface area contributed by atoms with Gasteiger partial charge in [0.15, 0.2) is 5.78 Å². The molecule has 0 aromatic heterocycles. The number of ketones is 1. The topological polar surface area (TPSA) is 29.6 Å². The summed E-state index contributed by atoms with van der Waals surface area (Å²) in [4.78, 5) is 11.4. The minimum atomic E-state index is -0.0588. The largest absolute Gasteiger partial charge is 0.361 e. The molecular formula is C10H18O2. The van der Waals surface area contributed by atoms with Crippen LogP contribution in [0.25, 0.3) is 0 Å². The molecule has 0 aromatic carbocycles. The molecule has 0 unspecified atom stereocenters. The van der Waals surface area contributed by atoms with E-state index in [-0.39, 0.29) is 23.9 Å². The van der Waals surface area contributed by atoms with Crippen molar-refractivity contribution in [3.8, 4) is 0 Å². The summed E-state index contributed by atoms with van der Waals surface area (Å²) >= 11 is 0. The van der Waals surface area contributed by atoms with Gasteiger partial charge in [-0.1, -0.05) is 33.6 Å². The third kappa shape index (κ3) is 2.31. The van der Waals surface area contributed by atoms with Gasteiger partial charge in [0.25, 0.3) is 0 Å². The van der Waals surface area contributed by atoms with Crippen LogP contribution < -0.4 is 0 Å². The highest BCUT2D eigenvalue weighted by atomic mass is 16.6. The Morgan fingerprint density at radius 3 is 2.67 bits per heavy atom. The number of Topliss-reactive ketones (excluding diaryl/α,β-unsaturated/α-hetero) is 1. The lowest BCUT2D eigenvalue weighted by Gasteiger charge is -1.98. The molecule has 1 saturated heterocycles. The Morgan fingerprint density at radius 2 is 2.17 bits per heavy atom. The van der Waals surface area contributed by atoms with Crippen LogP contribution in [0.2, 0.25) is 0 Å². The number of ether oxygens (including phenoxy) is 1. The maximum absolute atomic E-state index is 11.4. The Kier molecular flexibility index (Phi) is 3.27. The molecule has 0 aromatic rings. The molecule has 70 valence electrons. The fourth-order valence-corrected chi connectivity index (χ4v) is 1.35. The molecule has 0 bridgehead atoms. The van der Waals surface area contributed by atoms with Crippen LogP contribution in [0, 0.1) is 5.92 Å². The standard InChI is InChI=1S/C10H18O2/c1-4-5-6-8-10(12-8)9(11)7(2)3/h7-8,10H,4-6H2,1-3H3/t8-,10+/m1/s1. The average molecular weight is 170 g/mol. The van der Waals surface area contributed by atoms with Crippen molar-refractivity contribution in [3.05, 3.63) is 0 Å². The first-order valence-corrected chi connectivity index (χ1v) is 4.86. The first-order chi connectivity index (χ1) is 5.66. The van der Waals surface area contributed by atoms with Gasteiger partial charge in [-0.25, -0.2) is 0 Å². The number of carbonyl (C=O) groups is 1. The third-order valence-corrected chi connectivity index (χ3v) is 2.27. The highest BCUT2D eigenvalue weighted by Gasteiger charge is 2.44. The van der Waals surface area contributed by atoms with E-state index in [0.717, 1.165) is 6.42 Å². The monoisotopic (exact) mass is 170 g/mol. The van der Waals surface area contributed by atoms with E-state index in [1.54, 1.807) is 0 Å². The summed E-state index contributed by atoms with van der Waals surface area (Å²) in [5.41, 5.74) is 0. The predicted octanol–water partition coefficient (Wildman–Crippen LogP) is 2.17. The van der Waals surface area contributed by atoms with Crippen LogP contribution in [0.4, 0.5) is 0 Å². The summed E-state index contributed by atoms with van der Waals surface area (Å²) in [5.74, 6) is 0.401. The highest BCUT2D eigenvalue weighted by molar-refractivity contribution is 5.87. The van der Waals surface area contributed by atoms with E-state index >= 15 is 0 Å². The number of carbonyl (C=O) groups excluding carboxylic acids is 1. The van der Waals surface area contributed by atoms with Gasteiger partial charge in [-0.15, -0.1) is 0 Å². The Morgan fingerprint density at radius 1 is 1.50 bits per heavy atom. The second-order valence-electron chi connectivity index (χ2n) is 3.79. The fraction of sp³-hybridized carbons (Fsp3) is 0.900. The van der Waals surface area contributed by atoms with Crippen molar-refractivity contribution in [2.75, 3.05) is 0 Å². The number of unbranched alkanes of at least 4 members (excludes halogenated alkanes) is 1. The molecule has 1 fully saturated rings. The zero-order valence-electron chi connectivity index (χ0n) is 8.17. The fourth-order valence-electron chi connectivity index (χ4n) is 1.35. The molecule has 0 spiro atoms. The van der Waals surface area contributed by atoms with Crippen molar-refractivity contribution in [1.29, 1.82) is 0 Å². The molecule has 12 heavy (non-hydrogen) atoms. The molecule has 1 rings (SSSR count). The predicted molar refractivity (Wildman–Crippen MR) is 48.0 cm³/mol. The zero-order valence-corrected chi connectivity index (χ0v) is 8.17. The number of hydrogen-bond acceptors (Lipinski definition) is 2. The molecule has 0 saturated carbocycles. The first kappa shape index (κ1) is 9.72. The van der Waals surface area contributed by atoms with Crippen molar-refractivity contribution in [2.45, 2.75) is 52.2 Å². The quantitative estimate of drug-likeness (QED) is 0.592. The number of hydrogen-bond donors (Lipinski definition) is 0. The van der Waals surface area contributed by atoms with Crippen LogP contribution in [-0.4, -0.2) is 18.0 Å². The van der Waals surface area contributed by atoms with E-state index in [4.69, 9.17) is 4.74 Å². The van der Waals surface area contributed by atoms with E-state index in [1.807, 2.05) is 13.8 Å². The second-order valence-corrected chi connectivity index (χ2v) is 3.79. The molecule has 1 aliphatic rings. The van der Waals surface area contributed by atoms with E-state index in [2.05, 4.69) is 6.92 Å². The SMILES string of the molecule is CCCC[C@H]1O[C@@H]1C(=O)C(C)C. The van der Waals surface area contributed by atoms with Crippen molar-refractivity contribution in [2.24, 2.45) is 5.92 Å². The molecule has 1 aliphatic heterocycles. The van der Waals surface area contributed by atoms with Gasteiger partial charge in [-0.2, -0.15) is 0 Å². The smallest absolute Gasteiger partial charge is 0.166 e. The minimum absolute atomic E-state index is 0.0588. The maximum Gasteiger partial charge on any atom is 0.166 e. The van der Waals surface area contributed by atoms with E-state index in [0.29, 0.717) is 0 Å². The normalized spacial score (nSPS) is 27.7. The summed E-state index contributed by atoms with van der Waals surface area (Å²) in [6, 6.07) is 0. The van der Waals surface area contributed by atoms with Gasteiger partial charge in [-0.05, 0) is 6.42 Å². The number of rotatable bonds is 5. The van der Waals surface area contributed by atoms with Gasteiger partial charge in [0.1, 0.15) is 6.10 Å². The lowest BCUT2D eigenvalue weighted by atomic mass is 10.0. The molecule has 1 heterocycles. The van der Waals surface area contributed by atoms with Gasteiger partial charge in [0, 0.05) is 5.92 Å². The van der Waals surface area contributed by atoms with Gasteiger partial charge in [0.05, 0.1) is 6.10 Å². The molecule has 0 N–H and O–H groups in total. The molecule has 2 heteroatoms. The van der Waals surface area contributed by atoms with E-state index < -0.39 is 0 Å². The Bertz CT molecular complexity index is 163. The summed E-state index contributed by atoms with van der Waals surface area (Å²) in [6.45, 7) is 6.02. The van der Waals surface area contributed by atoms with Crippen LogP contribution in [0.15, 0.2) is 0 Å². The second kappa shape index (κ2) is 4.04. The van der Waals surface area contributed by atoms with Crippen molar-refractivity contribution >= 4 is 5.78 Å². The molecule has 2 atom stereocenters. The van der Waals surface area contributed by atoms with E-state index in [9.17, 15) is 4.79 Å². The summed E-state index contributed by atoms with van der Waals surface area (Å²) in [6.07, 6.45) is 3.60. The number of epoxide rings is 1. The lowest BCUT2D eigenvalue weighted by molar-refractivity contribution is -0.123. The van der Waals surface area contributed by atoms with Crippen LogP contribution in [-0.2, 0) is 9.53 Å². The van der Waals surface area contributed by atoms with Gasteiger partial charge in [-0.3, -0.25) is 4.79 Å². The third-order valence-electron chi connectivity index (χ3n) is 2.27. The Hall–Kier alpha value is -0.370. The van der Waals surface area contributed by atoms with Crippen LogP contribution in [0.5, 0.6) is 0 Å². The molecular weight excluding hydrogens is 152 g/mol. The van der Waals surface area contributed by atoms with Crippen LogP contribution in [0.1, 0.15) is 40.0 Å². The molecule has 0 amide bonds. The Labute approximate surface area is 74.3 Å². The van der Waals surface area contributed by atoms with Gasteiger partial charge in [0.2, 0.25) is 0 Å². The Balaban J connectivity index is 2.19. The van der Waals surface area contributed by atoms with Gasteiger partial charge >= 0.3 is 0 Å². The molecule has 0 radical (unpaired) electrons. The first-order valence-electron chi connectivity index (χ1n) is 4.86. The highest BCUT2D eigenvalue weighted by Crippen LogP contribution is 2.29. The van der Waals surface area contributed by atoms with Crippen molar-refractivity contribution < 1.29 is 9.53 Å². The van der Waals surface area contributed by atoms with E-state index in [1.165, 1.54) is 12.8 Å².